The lowest BCUT2D eigenvalue weighted by atomic mass is 9.85. The van der Waals surface area contributed by atoms with Crippen LogP contribution in [0.4, 0.5) is 0 Å². The number of benzene rings is 1. The Balaban J connectivity index is 1.69. The molecule has 0 radical (unpaired) electrons. The fourth-order valence-corrected chi connectivity index (χ4v) is 3.69. The van der Waals surface area contributed by atoms with Crippen LogP contribution in [-0.2, 0) is 14.3 Å². The van der Waals surface area contributed by atoms with Gasteiger partial charge in [0.15, 0.2) is 0 Å². The summed E-state index contributed by atoms with van der Waals surface area (Å²) in [5.41, 5.74) is 2.19. The number of hydrogen-bond donors (Lipinski definition) is 0. The first kappa shape index (κ1) is 12.4. The number of ether oxygens (including phenoxy) is 2. The second-order valence-corrected chi connectivity index (χ2v) is 5.65. The quantitative estimate of drug-likeness (QED) is 0.474. The first-order valence-electron chi connectivity index (χ1n) is 6.98. The van der Waals surface area contributed by atoms with Gasteiger partial charge in [0.2, 0.25) is 0 Å². The number of carbonyl (C=O) groups excluding carboxylic acids is 2. The Hall–Kier alpha value is -2.36. The Kier molecular flexibility index (Phi) is 2.55. The molecular weight excluding hydrogens is 268 g/mol. The molecule has 2 fully saturated rings. The largest absolute Gasteiger partial charge is 0.497 e. The van der Waals surface area contributed by atoms with Crippen LogP contribution < -0.4 is 4.74 Å². The van der Waals surface area contributed by atoms with E-state index >= 15 is 0 Å². The van der Waals surface area contributed by atoms with Crippen LogP contribution in [-0.4, -0.2) is 19.0 Å². The fourth-order valence-electron chi connectivity index (χ4n) is 3.69. The number of rotatable bonds is 2. The zero-order valence-electron chi connectivity index (χ0n) is 11.5. The molecule has 2 aliphatic carbocycles. The van der Waals surface area contributed by atoms with E-state index in [2.05, 4.69) is 6.08 Å². The summed E-state index contributed by atoms with van der Waals surface area (Å²) < 4.78 is 9.92. The summed E-state index contributed by atoms with van der Waals surface area (Å²) in [5, 5.41) is 0. The Morgan fingerprint density at radius 2 is 1.57 bits per heavy atom. The Labute approximate surface area is 122 Å². The molecule has 0 unspecified atom stereocenters. The minimum absolute atomic E-state index is 0.000974. The molecule has 1 saturated carbocycles. The number of allylic oxidation sites excluding steroid dienone is 3. The van der Waals surface area contributed by atoms with Gasteiger partial charge in [0.25, 0.3) is 0 Å². The van der Waals surface area contributed by atoms with Gasteiger partial charge in [-0.15, -0.1) is 0 Å². The number of esters is 2. The summed E-state index contributed by atoms with van der Waals surface area (Å²) in [4.78, 5) is 23.6. The zero-order chi connectivity index (χ0) is 14.6. The van der Waals surface area contributed by atoms with Gasteiger partial charge in [-0.1, -0.05) is 35.9 Å². The molecule has 0 amide bonds. The molecule has 4 heteroatoms. The molecule has 2 bridgehead atoms. The van der Waals surface area contributed by atoms with Gasteiger partial charge in [-0.25, -0.2) is 0 Å². The minimum atomic E-state index is -0.373. The van der Waals surface area contributed by atoms with Crippen LogP contribution in [0.1, 0.15) is 5.56 Å². The summed E-state index contributed by atoms with van der Waals surface area (Å²) in [5.74, 6) is -0.582. The van der Waals surface area contributed by atoms with Gasteiger partial charge in [0.05, 0.1) is 18.9 Å². The minimum Gasteiger partial charge on any atom is -0.497 e. The van der Waals surface area contributed by atoms with Gasteiger partial charge in [-0.3, -0.25) is 9.59 Å². The van der Waals surface area contributed by atoms with Crippen molar-refractivity contribution in [3.05, 3.63) is 47.6 Å². The topological polar surface area (TPSA) is 52.6 Å². The lowest BCUT2D eigenvalue weighted by Crippen LogP contribution is -2.21. The van der Waals surface area contributed by atoms with E-state index in [4.69, 9.17) is 9.47 Å². The second kappa shape index (κ2) is 4.32. The molecule has 4 nitrogen and oxygen atoms in total. The molecular formula is C17H14O4. The number of methoxy groups -OCH3 is 1. The van der Waals surface area contributed by atoms with Crippen molar-refractivity contribution < 1.29 is 19.1 Å². The van der Waals surface area contributed by atoms with Crippen molar-refractivity contribution in [2.75, 3.05) is 7.11 Å². The molecule has 1 aliphatic heterocycles. The van der Waals surface area contributed by atoms with Crippen molar-refractivity contribution in [2.45, 2.75) is 0 Å². The molecule has 0 N–H and O–H groups in total. The molecule has 21 heavy (non-hydrogen) atoms. The average molecular weight is 282 g/mol. The third kappa shape index (κ3) is 1.68. The Bertz CT molecular complexity index is 651. The predicted octanol–water partition coefficient (Wildman–Crippen LogP) is 2.21. The third-order valence-electron chi connectivity index (χ3n) is 4.65. The molecule has 1 aromatic carbocycles. The highest BCUT2D eigenvalue weighted by atomic mass is 16.6. The first-order chi connectivity index (χ1) is 10.2. The normalized spacial score (nSPS) is 32.3. The number of hydrogen-bond acceptors (Lipinski definition) is 4. The molecule has 0 aromatic heterocycles. The van der Waals surface area contributed by atoms with Crippen LogP contribution in [0.25, 0.3) is 6.08 Å². The number of carbonyl (C=O) groups is 2. The van der Waals surface area contributed by atoms with E-state index in [9.17, 15) is 9.59 Å². The van der Waals surface area contributed by atoms with E-state index in [1.165, 1.54) is 0 Å². The van der Waals surface area contributed by atoms with Gasteiger partial charge in [0, 0.05) is 11.8 Å². The van der Waals surface area contributed by atoms with E-state index in [-0.39, 0.29) is 35.6 Å². The highest BCUT2D eigenvalue weighted by Crippen LogP contribution is 2.55. The van der Waals surface area contributed by atoms with Gasteiger partial charge in [0.1, 0.15) is 5.75 Å². The van der Waals surface area contributed by atoms with Gasteiger partial charge in [-0.05, 0) is 17.7 Å². The van der Waals surface area contributed by atoms with Crippen LogP contribution in [0, 0.1) is 23.7 Å². The van der Waals surface area contributed by atoms with Crippen molar-refractivity contribution in [2.24, 2.45) is 23.7 Å². The summed E-state index contributed by atoms with van der Waals surface area (Å²) in [6.07, 6.45) is 6.13. The van der Waals surface area contributed by atoms with E-state index in [0.29, 0.717) is 0 Å². The Morgan fingerprint density at radius 1 is 1.00 bits per heavy atom. The average Bonchev–Trinajstić information content (AvgIpc) is 3.12. The second-order valence-electron chi connectivity index (χ2n) is 5.65. The molecule has 4 rings (SSSR count). The fraction of sp³-hybridized carbons (Fsp3) is 0.294. The van der Waals surface area contributed by atoms with Crippen molar-refractivity contribution in [3.63, 3.8) is 0 Å². The maximum Gasteiger partial charge on any atom is 0.318 e. The van der Waals surface area contributed by atoms with E-state index in [1.54, 1.807) is 7.11 Å². The van der Waals surface area contributed by atoms with Crippen molar-refractivity contribution in [1.29, 1.82) is 0 Å². The van der Waals surface area contributed by atoms with Crippen LogP contribution >= 0.6 is 0 Å². The summed E-state index contributed by atoms with van der Waals surface area (Å²) >= 11 is 0. The third-order valence-corrected chi connectivity index (χ3v) is 4.65. The van der Waals surface area contributed by atoms with E-state index in [0.717, 1.165) is 16.9 Å². The molecule has 0 spiro atoms. The highest BCUT2D eigenvalue weighted by molar-refractivity contribution is 5.99. The zero-order valence-corrected chi connectivity index (χ0v) is 11.5. The van der Waals surface area contributed by atoms with Crippen molar-refractivity contribution in [1.82, 2.24) is 0 Å². The molecule has 3 aliphatic rings. The van der Waals surface area contributed by atoms with Gasteiger partial charge < -0.3 is 9.47 Å². The number of fused-ring (bicyclic) bond motifs is 5. The predicted molar refractivity (Wildman–Crippen MR) is 75.2 cm³/mol. The van der Waals surface area contributed by atoms with E-state index < -0.39 is 0 Å². The first-order valence-corrected chi connectivity index (χ1v) is 6.98. The monoisotopic (exact) mass is 282 g/mol. The van der Waals surface area contributed by atoms with Crippen LogP contribution in [0.15, 0.2) is 42.0 Å². The van der Waals surface area contributed by atoms with Crippen LogP contribution in [0.3, 0.4) is 0 Å². The molecule has 1 saturated heterocycles. The van der Waals surface area contributed by atoms with Gasteiger partial charge in [-0.2, -0.15) is 0 Å². The molecule has 106 valence electrons. The Morgan fingerprint density at radius 3 is 2.10 bits per heavy atom. The maximum absolute atomic E-state index is 11.8. The SMILES string of the molecule is COc1ccc(C=C2[C@H]3C=C[C@H]2[C@H]2C(=O)OC(=O)[C@@H]23)cc1. The standard InChI is InChI=1S/C17H14O4/c1-20-10-4-2-9(3-5-10)8-13-11-6-7-12(13)15-14(11)16(18)21-17(15)19/h2-8,11-12,14-15H,1H3/t11-,12-,14-,15-/m1/s1. The van der Waals surface area contributed by atoms with Crippen LogP contribution in [0.2, 0.25) is 0 Å². The molecule has 1 heterocycles. The van der Waals surface area contributed by atoms with Crippen molar-refractivity contribution in [3.8, 4) is 5.75 Å². The summed E-state index contributed by atoms with van der Waals surface area (Å²) in [7, 11) is 1.63. The van der Waals surface area contributed by atoms with Crippen LogP contribution in [0.5, 0.6) is 5.75 Å². The van der Waals surface area contributed by atoms with Crippen molar-refractivity contribution >= 4 is 18.0 Å². The molecule has 1 aromatic rings. The summed E-state index contributed by atoms with van der Waals surface area (Å²) in [6.45, 7) is 0. The highest BCUT2D eigenvalue weighted by Gasteiger charge is 2.60. The lowest BCUT2D eigenvalue weighted by Gasteiger charge is -2.11. The molecule has 4 atom stereocenters. The summed E-state index contributed by atoms with van der Waals surface area (Å²) in [6, 6.07) is 7.74. The number of cyclic esters (lactones) is 2. The maximum atomic E-state index is 11.8. The lowest BCUT2D eigenvalue weighted by molar-refractivity contribution is -0.154. The van der Waals surface area contributed by atoms with E-state index in [1.807, 2.05) is 36.4 Å². The smallest absolute Gasteiger partial charge is 0.318 e. The van der Waals surface area contributed by atoms with Gasteiger partial charge >= 0.3 is 11.9 Å².